The highest BCUT2D eigenvalue weighted by Crippen LogP contribution is 2.34. The highest BCUT2D eigenvalue weighted by molar-refractivity contribution is 5.68. The smallest absolute Gasteiger partial charge is 0.416 e. The number of benzene rings is 1. The van der Waals surface area contributed by atoms with Gasteiger partial charge >= 0.3 is 12.3 Å². The van der Waals surface area contributed by atoms with Gasteiger partial charge in [-0.05, 0) is 30.9 Å². The fourth-order valence-electron chi connectivity index (χ4n) is 3.51. The Morgan fingerprint density at radius 1 is 1.37 bits per heavy atom. The molecule has 0 bridgehead atoms. The zero-order chi connectivity index (χ0) is 19.6. The summed E-state index contributed by atoms with van der Waals surface area (Å²) in [6.45, 7) is 0.357. The van der Waals surface area contributed by atoms with Gasteiger partial charge in [0.1, 0.15) is 5.76 Å². The van der Waals surface area contributed by atoms with E-state index in [1.54, 1.807) is 6.07 Å². The Balaban J connectivity index is 1.83. The third-order valence-electron chi connectivity index (χ3n) is 4.80. The van der Waals surface area contributed by atoms with Gasteiger partial charge in [-0.25, -0.2) is 4.79 Å². The molecule has 0 unspecified atom stereocenters. The van der Waals surface area contributed by atoms with E-state index in [0.29, 0.717) is 30.7 Å². The number of aromatic nitrogens is 1. The lowest BCUT2D eigenvalue weighted by molar-refractivity contribution is -0.137. The molecule has 0 saturated carbocycles. The number of carbonyl (C=O) groups is 1. The highest BCUT2D eigenvalue weighted by atomic mass is 19.4. The number of ether oxygens (including phenoxy) is 1. The first-order valence-electron chi connectivity index (χ1n) is 8.47. The van der Waals surface area contributed by atoms with E-state index in [-0.39, 0.29) is 23.9 Å². The summed E-state index contributed by atoms with van der Waals surface area (Å²) in [5.74, 6) is 0.374. The SMILES string of the molecule is COC(=O)N1CC[C@H](c2cc(=O)[nH]o2)C[C@@H]1Cc1cccc(C(F)(F)F)c1. The van der Waals surface area contributed by atoms with Crippen molar-refractivity contribution in [2.75, 3.05) is 13.7 Å². The molecule has 3 rings (SSSR count). The van der Waals surface area contributed by atoms with E-state index in [2.05, 4.69) is 5.16 Å². The number of carbonyl (C=O) groups excluding carboxylic acids is 1. The number of piperidine rings is 1. The van der Waals surface area contributed by atoms with Crippen molar-refractivity contribution in [2.24, 2.45) is 0 Å². The summed E-state index contributed by atoms with van der Waals surface area (Å²) in [7, 11) is 1.26. The Labute approximate surface area is 152 Å². The zero-order valence-electron chi connectivity index (χ0n) is 14.6. The first-order valence-corrected chi connectivity index (χ1v) is 8.47. The van der Waals surface area contributed by atoms with Crippen molar-refractivity contribution >= 4 is 6.09 Å². The lowest BCUT2D eigenvalue weighted by atomic mass is 9.86. The minimum atomic E-state index is -4.43. The number of aromatic amines is 1. The topological polar surface area (TPSA) is 75.5 Å². The number of methoxy groups -OCH3 is 1. The van der Waals surface area contributed by atoms with Gasteiger partial charge in [0, 0.05) is 24.6 Å². The molecule has 1 aromatic heterocycles. The fraction of sp³-hybridized carbons (Fsp3) is 0.444. The van der Waals surface area contributed by atoms with Crippen molar-refractivity contribution in [3.8, 4) is 0 Å². The van der Waals surface area contributed by atoms with Gasteiger partial charge < -0.3 is 14.2 Å². The molecule has 6 nitrogen and oxygen atoms in total. The van der Waals surface area contributed by atoms with Crippen LogP contribution in [0.5, 0.6) is 0 Å². The standard InChI is InChI=1S/C18H19F3N2O4/c1-26-17(25)23-6-5-12(15-10-16(24)22-27-15)9-14(23)8-11-3-2-4-13(7-11)18(19,20)21/h2-4,7,10,12,14H,5-6,8-9H2,1H3,(H,22,24)/t12-,14-/m0/s1. The van der Waals surface area contributed by atoms with Gasteiger partial charge in [0.15, 0.2) is 0 Å². The Morgan fingerprint density at radius 2 is 2.15 bits per heavy atom. The Bertz CT molecular complexity index is 859. The molecule has 1 N–H and O–H groups in total. The number of halogens is 3. The summed E-state index contributed by atoms with van der Waals surface area (Å²) in [5.41, 5.74) is -0.608. The van der Waals surface area contributed by atoms with Crippen molar-refractivity contribution in [3.63, 3.8) is 0 Å². The monoisotopic (exact) mass is 384 g/mol. The molecule has 9 heteroatoms. The molecular formula is C18H19F3N2O4. The van der Waals surface area contributed by atoms with E-state index in [0.717, 1.165) is 12.1 Å². The number of likely N-dealkylation sites (tertiary alicyclic amines) is 1. The molecule has 2 atom stereocenters. The summed E-state index contributed by atoms with van der Waals surface area (Å²) in [6.07, 6.45) is -3.70. The number of hydrogen-bond acceptors (Lipinski definition) is 4. The number of hydrogen-bond donors (Lipinski definition) is 1. The quantitative estimate of drug-likeness (QED) is 0.878. The van der Waals surface area contributed by atoms with E-state index in [1.807, 2.05) is 0 Å². The fourth-order valence-corrected chi connectivity index (χ4v) is 3.51. The number of nitrogens with one attached hydrogen (secondary N) is 1. The van der Waals surface area contributed by atoms with E-state index in [1.165, 1.54) is 24.1 Å². The molecule has 1 aliphatic rings. The van der Waals surface area contributed by atoms with E-state index < -0.39 is 17.8 Å². The molecule has 0 radical (unpaired) electrons. The molecule has 0 spiro atoms. The van der Waals surface area contributed by atoms with E-state index >= 15 is 0 Å². The second kappa shape index (κ2) is 7.50. The molecule has 1 saturated heterocycles. The molecule has 1 fully saturated rings. The van der Waals surface area contributed by atoms with Crippen LogP contribution in [0.15, 0.2) is 39.6 Å². The average molecular weight is 384 g/mol. The Morgan fingerprint density at radius 3 is 2.78 bits per heavy atom. The number of rotatable bonds is 3. The van der Waals surface area contributed by atoms with Crippen molar-refractivity contribution < 1.29 is 27.2 Å². The van der Waals surface area contributed by atoms with Gasteiger partial charge in [-0.2, -0.15) is 18.3 Å². The maximum atomic E-state index is 13.0. The lowest BCUT2D eigenvalue weighted by Crippen LogP contribution is -2.46. The third-order valence-corrected chi connectivity index (χ3v) is 4.80. The molecule has 1 aliphatic heterocycles. The van der Waals surface area contributed by atoms with E-state index in [9.17, 15) is 22.8 Å². The molecule has 146 valence electrons. The normalized spacial score (nSPS) is 20.5. The van der Waals surface area contributed by atoms with Crippen molar-refractivity contribution in [2.45, 2.75) is 37.4 Å². The summed E-state index contributed by atoms with van der Waals surface area (Å²) in [4.78, 5) is 24.9. The third kappa shape index (κ3) is 4.35. The number of nitrogens with zero attached hydrogens (tertiary/aromatic N) is 1. The summed E-state index contributed by atoms with van der Waals surface area (Å²) < 4.78 is 48.9. The Kier molecular flexibility index (Phi) is 5.29. The van der Waals surface area contributed by atoms with Crippen molar-refractivity contribution in [1.82, 2.24) is 10.1 Å². The summed E-state index contributed by atoms with van der Waals surface area (Å²) >= 11 is 0. The first kappa shape index (κ1) is 19.1. The molecule has 27 heavy (non-hydrogen) atoms. The predicted octanol–water partition coefficient (Wildman–Crippen LogP) is 3.54. The summed E-state index contributed by atoms with van der Waals surface area (Å²) in [5, 5.41) is 2.24. The van der Waals surface area contributed by atoms with E-state index in [4.69, 9.17) is 9.26 Å². The van der Waals surface area contributed by atoms with Gasteiger partial charge in [-0.3, -0.25) is 4.79 Å². The van der Waals surface area contributed by atoms with Crippen LogP contribution < -0.4 is 5.56 Å². The van der Waals surface area contributed by atoms with Crippen LogP contribution in [0, 0.1) is 0 Å². The second-order valence-electron chi connectivity index (χ2n) is 6.56. The van der Waals surface area contributed by atoms with Gasteiger partial charge in [-0.1, -0.05) is 18.2 Å². The summed E-state index contributed by atoms with van der Waals surface area (Å²) in [6, 6.07) is 6.05. The lowest BCUT2D eigenvalue weighted by Gasteiger charge is -2.38. The van der Waals surface area contributed by atoms with Gasteiger partial charge in [-0.15, -0.1) is 0 Å². The number of amides is 1. The van der Waals surface area contributed by atoms with Crippen LogP contribution in [0.2, 0.25) is 0 Å². The molecule has 0 aliphatic carbocycles. The molecular weight excluding hydrogens is 365 g/mol. The second-order valence-corrected chi connectivity index (χ2v) is 6.56. The van der Waals surface area contributed by atoms with Crippen LogP contribution in [-0.4, -0.2) is 35.8 Å². The number of alkyl halides is 3. The van der Waals surface area contributed by atoms with Crippen LogP contribution in [-0.2, 0) is 17.3 Å². The predicted molar refractivity (Wildman–Crippen MR) is 89.4 cm³/mol. The van der Waals surface area contributed by atoms with Gasteiger partial charge in [0.05, 0.1) is 12.7 Å². The van der Waals surface area contributed by atoms with Crippen LogP contribution in [0.4, 0.5) is 18.0 Å². The van der Waals surface area contributed by atoms with Crippen molar-refractivity contribution in [3.05, 3.63) is 57.6 Å². The minimum Gasteiger partial charge on any atom is -0.453 e. The van der Waals surface area contributed by atoms with Gasteiger partial charge in [0.2, 0.25) is 0 Å². The van der Waals surface area contributed by atoms with Crippen molar-refractivity contribution in [1.29, 1.82) is 0 Å². The Hall–Kier alpha value is -2.71. The van der Waals surface area contributed by atoms with Crippen LogP contribution >= 0.6 is 0 Å². The highest BCUT2D eigenvalue weighted by Gasteiger charge is 2.35. The maximum Gasteiger partial charge on any atom is 0.416 e. The van der Waals surface area contributed by atoms with Crippen LogP contribution in [0.1, 0.15) is 35.6 Å². The molecule has 1 amide bonds. The first-order chi connectivity index (χ1) is 12.8. The molecule has 2 heterocycles. The zero-order valence-corrected chi connectivity index (χ0v) is 14.6. The van der Waals surface area contributed by atoms with Crippen LogP contribution in [0.25, 0.3) is 0 Å². The molecule has 2 aromatic rings. The largest absolute Gasteiger partial charge is 0.453 e. The molecule has 1 aromatic carbocycles. The maximum absolute atomic E-state index is 13.0. The minimum absolute atomic E-state index is 0.111. The average Bonchev–Trinajstić information content (AvgIpc) is 3.07. The van der Waals surface area contributed by atoms with Gasteiger partial charge in [0.25, 0.3) is 5.56 Å². The van der Waals surface area contributed by atoms with Crippen LogP contribution in [0.3, 0.4) is 0 Å². The number of H-pyrrole nitrogens is 1.